The van der Waals surface area contributed by atoms with Crippen molar-refractivity contribution in [3.8, 4) is 0 Å². The van der Waals surface area contributed by atoms with Gasteiger partial charge in [-0.15, -0.1) is 0 Å². The SMILES string of the molecule is O=C(O)N1N=C(C2CCCCC2)CC1(O)C(F)(F)F. The molecular formula is C11H15F3N2O3. The molecule has 0 aromatic rings. The molecule has 1 atom stereocenters. The highest BCUT2D eigenvalue weighted by atomic mass is 19.4. The molecule has 1 aliphatic carbocycles. The molecule has 1 unspecified atom stereocenters. The number of hydrogen-bond acceptors (Lipinski definition) is 3. The first-order valence-electron chi connectivity index (χ1n) is 6.15. The quantitative estimate of drug-likeness (QED) is 0.775. The van der Waals surface area contributed by atoms with Gasteiger partial charge in [0.2, 0.25) is 0 Å². The molecule has 0 saturated heterocycles. The second kappa shape index (κ2) is 4.66. The van der Waals surface area contributed by atoms with Crippen molar-refractivity contribution in [2.45, 2.75) is 50.4 Å². The molecule has 108 valence electrons. The molecule has 2 aliphatic rings. The van der Waals surface area contributed by atoms with Crippen molar-refractivity contribution in [1.82, 2.24) is 5.01 Å². The van der Waals surface area contributed by atoms with Crippen molar-refractivity contribution >= 4 is 11.8 Å². The van der Waals surface area contributed by atoms with E-state index in [2.05, 4.69) is 5.10 Å². The van der Waals surface area contributed by atoms with Gasteiger partial charge in [0.15, 0.2) is 0 Å². The Kier molecular flexibility index (Phi) is 3.46. The number of nitrogens with zero attached hydrogens (tertiary/aromatic N) is 2. The van der Waals surface area contributed by atoms with E-state index in [0.717, 1.165) is 19.3 Å². The zero-order valence-corrected chi connectivity index (χ0v) is 10.2. The van der Waals surface area contributed by atoms with Crippen molar-refractivity contribution in [2.75, 3.05) is 0 Å². The Hall–Kier alpha value is -1.31. The molecule has 2 rings (SSSR count). The van der Waals surface area contributed by atoms with Crippen LogP contribution in [-0.4, -0.2) is 38.9 Å². The Morgan fingerprint density at radius 3 is 2.32 bits per heavy atom. The third-order valence-electron chi connectivity index (χ3n) is 3.72. The second-order valence-electron chi connectivity index (χ2n) is 5.01. The minimum atomic E-state index is -5.06. The molecule has 0 aromatic heterocycles. The Bertz CT molecular complexity index is 404. The average Bonchev–Trinajstić information content (AvgIpc) is 2.69. The zero-order chi connectivity index (χ0) is 14.3. The van der Waals surface area contributed by atoms with Gasteiger partial charge in [-0.2, -0.15) is 23.3 Å². The predicted octanol–water partition coefficient (Wildman–Crippen LogP) is 2.56. The van der Waals surface area contributed by atoms with E-state index in [9.17, 15) is 23.1 Å². The Morgan fingerprint density at radius 2 is 1.89 bits per heavy atom. The van der Waals surface area contributed by atoms with Crippen LogP contribution in [0, 0.1) is 5.92 Å². The van der Waals surface area contributed by atoms with Crippen LogP contribution in [0.25, 0.3) is 0 Å². The van der Waals surface area contributed by atoms with Crippen molar-refractivity contribution in [3.05, 3.63) is 0 Å². The van der Waals surface area contributed by atoms with Gasteiger partial charge in [0.25, 0.3) is 5.72 Å². The number of carboxylic acid groups (broad SMARTS) is 1. The van der Waals surface area contributed by atoms with Gasteiger partial charge in [-0.1, -0.05) is 19.3 Å². The van der Waals surface area contributed by atoms with Gasteiger partial charge >= 0.3 is 12.3 Å². The van der Waals surface area contributed by atoms with Crippen LogP contribution in [0.2, 0.25) is 0 Å². The third-order valence-corrected chi connectivity index (χ3v) is 3.72. The summed E-state index contributed by atoms with van der Waals surface area (Å²) in [7, 11) is 0. The number of amides is 1. The first-order valence-corrected chi connectivity index (χ1v) is 6.15. The average molecular weight is 280 g/mol. The van der Waals surface area contributed by atoms with Crippen molar-refractivity contribution < 1.29 is 28.2 Å². The fourth-order valence-corrected chi connectivity index (χ4v) is 2.66. The van der Waals surface area contributed by atoms with E-state index in [1.807, 2.05) is 0 Å². The molecule has 5 nitrogen and oxygen atoms in total. The van der Waals surface area contributed by atoms with Gasteiger partial charge in [-0.05, 0) is 18.8 Å². The number of rotatable bonds is 1. The lowest BCUT2D eigenvalue weighted by Crippen LogP contribution is -2.56. The lowest BCUT2D eigenvalue weighted by atomic mass is 9.83. The van der Waals surface area contributed by atoms with Crippen LogP contribution >= 0.6 is 0 Å². The highest BCUT2D eigenvalue weighted by Gasteiger charge is 2.64. The first-order chi connectivity index (χ1) is 8.75. The van der Waals surface area contributed by atoms with E-state index >= 15 is 0 Å². The monoisotopic (exact) mass is 280 g/mol. The number of hydrazone groups is 1. The maximum Gasteiger partial charge on any atom is 0.439 e. The number of alkyl halides is 3. The van der Waals surface area contributed by atoms with Crippen LogP contribution in [0.15, 0.2) is 5.10 Å². The van der Waals surface area contributed by atoms with Crippen molar-refractivity contribution in [3.63, 3.8) is 0 Å². The summed E-state index contributed by atoms with van der Waals surface area (Å²) < 4.78 is 38.6. The highest BCUT2D eigenvalue weighted by Crippen LogP contribution is 2.42. The molecule has 0 spiro atoms. The van der Waals surface area contributed by atoms with Gasteiger partial charge < -0.3 is 10.2 Å². The van der Waals surface area contributed by atoms with Crippen molar-refractivity contribution in [2.24, 2.45) is 11.0 Å². The number of hydrogen-bond donors (Lipinski definition) is 2. The number of aliphatic hydroxyl groups is 1. The summed E-state index contributed by atoms with van der Waals surface area (Å²) in [5, 5.41) is 21.7. The smallest absolute Gasteiger partial charge is 0.439 e. The lowest BCUT2D eigenvalue weighted by Gasteiger charge is -2.30. The molecule has 1 amide bonds. The molecular weight excluding hydrogens is 265 g/mol. The molecule has 0 bridgehead atoms. The maximum atomic E-state index is 12.9. The van der Waals surface area contributed by atoms with Gasteiger partial charge in [0.1, 0.15) is 0 Å². The van der Waals surface area contributed by atoms with Crippen LogP contribution in [0.4, 0.5) is 18.0 Å². The minimum absolute atomic E-state index is 0.141. The van der Waals surface area contributed by atoms with Crippen LogP contribution in [0.5, 0.6) is 0 Å². The van der Waals surface area contributed by atoms with E-state index in [0.29, 0.717) is 12.8 Å². The molecule has 1 fully saturated rings. The molecule has 2 N–H and O–H groups in total. The standard InChI is InChI=1S/C11H15F3N2O3/c12-11(13,14)10(19)6-8(15-16(10)9(17)18)7-4-2-1-3-5-7/h7,19H,1-6H2,(H,17,18). The molecule has 0 aromatic carbocycles. The molecule has 1 aliphatic heterocycles. The highest BCUT2D eigenvalue weighted by molar-refractivity contribution is 5.91. The topological polar surface area (TPSA) is 73.1 Å². The number of halogens is 3. The van der Waals surface area contributed by atoms with Gasteiger partial charge in [0, 0.05) is 12.1 Å². The lowest BCUT2D eigenvalue weighted by molar-refractivity contribution is -0.299. The third kappa shape index (κ3) is 2.41. The number of carbonyl (C=O) groups is 1. The Balaban J connectivity index is 2.25. The second-order valence-corrected chi connectivity index (χ2v) is 5.01. The summed E-state index contributed by atoms with van der Waals surface area (Å²) >= 11 is 0. The predicted molar refractivity (Wildman–Crippen MR) is 59.5 cm³/mol. The fraction of sp³-hybridized carbons (Fsp3) is 0.818. The Morgan fingerprint density at radius 1 is 1.32 bits per heavy atom. The largest absolute Gasteiger partial charge is 0.464 e. The van der Waals surface area contributed by atoms with Crippen LogP contribution in [0.1, 0.15) is 38.5 Å². The van der Waals surface area contributed by atoms with Gasteiger partial charge in [0.05, 0.1) is 0 Å². The van der Waals surface area contributed by atoms with Crippen molar-refractivity contribution in [1.29, 1.82) is 0 Å². The van der Waals surface area contributed by atoms with E-state index in [1.54, 1.807) is 0 Å². The minimum Gasteiger partial charge on any atom is -0.464 e. The van der Waals surface area contributed by atoms with Gasteiger partial charge in [-0.25, -0.2) is 4.79 Å². The van der Waals surface area contributed by atoms with Crippen LogP contribution in [-0.2, 0) is 0 Å². The van der Waals surface area contributed by atoms with Crippen LogP contribution in [0.3, 0.4) is 0 Å². The van der Waals surface area contributed by atoms with E-state index in [-0.39, 0.29) is 16.6 Å². The summed E-state index contributed by atoms with van der Waals surface area (Å²) in [6.07, 6.45) is -3.55. The normalized spacial score (nSPS) is 29.5. The fourth-order valence-electron chi connectivity index (χ4n) is 2.66. The molecule has 1 saturated carbocycles. The molecule has 19 heavy (non-hydrogen) atoms. The van der Waals surface area contributed by atoms with Crippen LogP contribution < -0.4 is 0 Å². The Labute approximate surface area is 107 Å². The summed E-state index contributed by atoms with van der Waals surface area (Å²) in [5.41, 5.74) is -3.28. The van der Waals surface area contributed by atoms with Gasteiger partial charge in [-0.3, -0.25) is 0 Å². The van der Waals surface area contributed by atoms with E-state index in [1.165, 1.54) is 0 Å². The zero-order valence-electron chi connectivity index (χ0n) is 10.2. The maximum absolute atomic E-state index is 12.9. The summed E-state index contributed by atoms with van der Waals surface area (Å²) in [6, 6.07) is 0. The summed E-state index contributed by atoms with van der Waals surface area (Å²) in [4.78, 5) is 10.9. The van der Waals surface area contributed by atoms with E-state index in [4.69, 9.17) is 5.11 Å². The first kappa shape index (κ1) is 14.1. The molecule has 8 heteroatoms. The molecule has 0 radical (unpaired) electrons. The summed E-state index contributed by atoms with van der Waals surface area (Å²) in [6.45, 7) is 0. The van der Waals surface area contributed by atoms with E-state index < -0.39 is 24.4 Å². The molecule has 1 heterocycles. The summed E-state index contributed by atoms with van der Waals surface area (Å²) in [5.74, 6) is -0.160.